The highest BCUT2D eigenvalue weighted by Gasteiger charge is 2.13. The van der Waals surface area contributed by atoms with Crippen LogP contribution in [0, 0.1) is 0 Å². The Kier molecular flexibility index (Phi) is 74.7. The fraction of sp³-hybridized carbons (Fsp3) is 0.833. The Morgan fingerprint density at radius 1 is 0.250 bits per heavy atom. The number of esters is 4. The van der Waals surface area contributed by atoms with Crippen molar-refractivity contribution in [1.29, 1.82) is 0 Å². The molecule has 0 unspecified atom stereocenters. The van der Waals surface area contributed by atoms with Crippen LogP contribution in [-0.4, -0.2) is 67.3 Å². The molecule has 0 bridgehead atoms. The third-order valence-electron chi connectivity index (χ3n) is 16.2. The zero-order valence-electron chi connectivity index (χ0n) is 58.2. The highest BCUT2D eigenvalue weighted by Crippen LogP contribution is 2.16. The lowest BCUT2D eigenvalue weighted by atomic mass is 10.1. The summed E-state index contributed by atoms with van der Waals surface area (Å²) >= 11 is 0. The van der Waals surface area contributed by atoms with E-state index in [1.54, 1.807) is 0 Å². The summed E-state index contributed by atoms with van der Waals surface area (Å²) < 4.78 is 20.4. The fourth-order valence-electron chi connectivity index (χ4n) is 10.4. The molecule has 0 spiro atoms. The van der Waals surface area contributed by atoms with Crippen LogP contribution in [0.1, 0.15) is 387 Å². The summed E-state index contributed by atoms with van der Waals surface area (Å²) in [7, 11) is 0. The zero-order valence-corrected chi connectivity index (χ0v) is 58.2. The quantitative estimate of drug-likeness (QED) is 0.0271. The lowest BCUT2D eigenvalue weighted by molar-refractivity contribution is -0.153. The summed E-state index contributed by atoms with van der Waals surface area (Å²) in [4.78, 5) is 59.6. The van der Waals surface area contributed by atoms with E-state index in [0.29, 0.717) is 25.7 Å². The van der Waals surface area contributed by atoms with E-state index in [2.05, 4.69) is 76.3 Å². The predicted molar refractivity (Wildman–Crippen MR) is 373 cm³/mol. The maximum Gasteiger partial charge on any atom is 0.306 e. The molecule has 0 aromatic heterocycles. The number of ether oxygens (including phenoxy) is 4. The maximum atomic E-state index is 11.9. The Labute approximate surface area is 543 Å². The molecule has 0 aliphatic heterocycles. The third-order valence-corrected chi connectivity index (χ3v) is 16.2. The van der Waals surface area contributed by atoms with Gasteiger partial charge in [-0.15, -0.1) is 0 Å². The first-order valence-electron chi connectivity index (χ1n) is 37.6. The molecule has 0 saturated heterocycles. The second kappa shape index (κ2) is 75.9. The molecule has 0 heterocycles. The highest BCUT2D eigenvalue weighted by molar-refractivity contribution is 5.85. The topological polar surface area (TPSA) is 143 Å². The summed E-state index contributed by atoms with van der Waals surface area (Å²) in [5.74, 6) is -1.66. The summed E-state index contributed by atoms with van der Waals surface area (Å²) in [5, 5.41) is 9.99. The Morgan fingerprint density at radius 3 is 0.625 bits per heavy atom. The van der Waals surface area contributed by atoms with E-state index in [1.165, 1.54) is 231 Å². The van der Waals surface area contributed by atoms with Gasteiger partial charge in [-0.3, -0.25) is 24.0 Å². The molecule has 0 saturated carbocycles. The van der Waals surface area contributed by atoms with Crippen molar-refractivity contribution in [2.75, 3.05) is 26.4 Å². The average Bonchev–Trinajstić information content (AvgIpc) is 3.53. The van der Waals surface area contributed by atoms with Crippen LogP contribution < -0.4 is 0 Å². The van der Waals surface area contributed by atoms with Gasteiger partial charge in [0.1, 0.15) is 19.3 Å². The summed E-state index contributed by atoms with van der Waals surface area (Å²) in [6, 6.07) is 0. The number of aliphatic hydroxyl groups is 1. The van der Waals surface area contributed by atoms with Crippen molar-refractivity contribution in [2.45, 2.75) is 393 Å². The van der Waals surface area contributed by atoms with E-state index in [9.17, 15) is 29.1 Å². The second-order valence-corrected chi connectivity index (χ2v) is 25.2. The Morgan fingerprint density at radius 2 is 0.420 bits per heavy atom. The van der Waals surface area contributed by atoms with Crippen molar-refractivity contribution < 1.29 is 48.0 Å². The molecule has 0 aliphatic carbocycles. The second-order valence-electron chi connectivity index (χ2n) is 25.2. The van der Waals surface area contributed by atoms with Crippen LogP contribution in [-0.2, 0) is 42.9 Å². The van der Waals surface area contributed by atoms with Gasteiger partial charge in [0.2, 0.25) is 5.78 Å². The molecule has 88 heavy (non-hydrogen) atoms. The monoisotopic (exact) mass is 1240 g/mol. The van der Waals surface area contributed by atoms with Gasteiger partial charge in [0, 0.05) is 25.7 Å². The minimum absolute atomic E-state index is 0.120. The Bertz CT molecular complexity index is 1500. The van der Waals surface area contributed by atoms with Crippen molar-refractivity contribution in [3.8, 4) is 0 Å². The van der Waals surface area contributed by atoms with Gasteiger partial charge in [-0.05, 0) is 128 Å². The first-order valence-corrected chi connectivity index (χ1v) is 37.6. The van der Waals surface area contributed by atoms with Crippen LogP contribution in [0.25, 0.3) is 0 Å². The molecular formula is C78H142O10. The van der Waals surface area contributed by atoms with E-state index in [-0.39, 0.29) is 56.1 Å². The molecule has 10 nitrogen and oxygen atoms in total. The molecule has 514 valence electrons. The number of aliphatic hydroxyl groups excluding tert-OH is 1. The van der Waals surface area contributed by atoms with Gasteiger partial charge in [-0.1, -0.05) is 282 Å². The van der Waals surface area contributed by atoms with Crippen molar-refractivity contribution in [3.05, 3.63) is 48.6 Å². The number of carbonyl (C=O) groups excluding carboxylic acids is 5. The zero-order chi connectivity index (χ0) is 64.4. The summed E-state index contributed by atoms with van der Waals surface area (Å²) in [6.45, 7) is 8.16. The van der Waals surface area contributed by atoms with Gasteiger partial charge < -0.3 is 24.1 Å². The summed E-state index contributed by atoms with van der Waals surface area (Å²) in [6.07, 6.45) is 82.2. The number of carbonyl (C=O) groups is 5. The molecule has 0 aliphatic rings. The van der Waals surface area contributed by atoms with E-state index in [4.69, 9.17) is 18.9 Å². The number of unbranched alkanes of at least 4 members (excludes halogenated alkanes) is 44. The van der Waals surface area contributed by atoms with Gasteiger partial charge in [-0.2, -0.15) is 0 Å². The maximum absolute atomic E-state index is 11.9. The predicted octanol–water partition coefficient (Wildman–Crippen LogP) is 23.2. The van der Waals surface area contributed by atoms with Crippen LogP contribution in [0.15, 0.2) is 48.6 Å². The van der Waals surface area contributed by atoms with Gasteiger partial charge in [0.15, 0.2) is 13.2 Å². The van der Waals surface area contributed by atoms with Crippen molar-refractivity contribution in [2.24, 2.45) is 0 Å². The van der Waals surface area contributed by atoms with Gasteiger partial charge in [0.25, 0.3) is 0 Å². The van der Waals surface area contributed by atoms with Crippen LogP contribution in [0.3, 0.4) is 0 Å². The molecule has 0 amide bonds. The average molecular weight is 1240 g/mol. The first-order chi connectivity index (χ1) is 43.2. The molecule has 0 atom stereocenters. The van der Waals surface area contributed by atoms with Crippen molar-refractivity contribution in [1.82, 2.24) is 0 Å². The number of hydrogen-bond acceptors (Lipinski definition) is 10. The van der Waals surface area contributed by atoms with Crippen LogP contribution in [0.2, 0.25) is 0 Å². The standard InChI is InChI=1S/C39H72O5.C39H70O5/c2*1-3-5-7-9-11-13-15-17-19-21-23-25-27-29-31-33-38(41)43-35-37(40)36-44-39(42)34-32-30-28-26-24-22-20-18-16-14-12-10-8-6-4-2/h17-20,37,40H,3-16,21-36H2,1-2H3;17-20H,3-16,21-36H2,1-2H3/b2*19-17-,20-18-. The Balaban J connectivity index is 0. The van der Waals surface area contributed by atoms with E-state index in [1.807, 2.05) is 0 Å². The highest BCUT2D eigenvalue weighted by atomic mass is 16.6. The van der Waals surface area contributed by atoms with Crippen LogP contribution in [0.4, 0.5) is 0 Å². The van der Waals surface area contributed by atoms with Crippen LogP contribution >= 0.6 is 0 Å². The molecule has 10 heteroatoms. The molecule has 0 fully saturated rings. The van der Waals surface area contributed by atoms with Gasteiger partial charge >= 0.3 is 23.9 Å². The van der Waals surface area contributed by atoms with Crippen LogP contribution in [0.5, 0.6) is 0 Å². The van der Waals surface area contributed by atoms with Crippen molar-refractivity contribution >= 4 is 29.7 Å². The normalized spacial score (nSPS) is 11.6. The largest absolute Gasteiger partial charge is 0.463 e. The number of ketones is 1. The summed E-state index contributed by atoms with van der Waals surface area (Å²) in [5.41, 5.74) is 0. The lowest BCUT2D eigenvalue weighted by Crippen LogP contribution is -2.25. The number of allylic oxidation sites excluding steroid dienone is 8. The molecule has 0 aromatic carbocycles. The lowest BCUT2D eigenvalue weighted by Gasteiger charge is -2.12. The van der Waals surface area contributed by atoms with Gasteiger partial charge in [0.05, 0.1) is 0 Å². The molecule has 0 aromatic rings. The van der Waals surface area contributed by atoms with Crippen molar-refractivity contribution in [3.63, 3.8) is 0 Å². The number of rotatable bonds is 68. The SMILES string of the molecule is CCCCCCCC/C=C\CCCCCCCC(=O)OCC(=O)COC(=O)CCCCCCC/C=C\CCCCCCCC.CCCCCCCC/C=C\CCCCCCCC(=O)OCC(O)COC(=O)CCCCCCC/C=C\CCCCCCCC. The van der Waals surface area contributed by atoms with E-state index >= 15 is 0 Å². The molecule has 0 rings (SSSR count). The first kappa shape index (κ1) is 86.5. The number of Topliss-reactive ketones (excluding diaryl/α,β-unsaturated/α-hetero) is 1. The Hall–Kier alpha value is -3.53. The third kappa shape index (κ3) is 76.7. The molecule has 0 radical (unpaired) electrons. The smallest absolute Gasteiger partial charge is 0.306 e. The number of hydrogen-bond donors (Lipinski definition) is 1. The minimum Gasteiger partial charge on any atom is -0.463 e. The van der Waals surface area contributed by atoms with E-state index < -0.39 is 6.10 Å². The van der Waals surface area contributed by atoms with E-state index in [0.717, 1.165) is 103 Å². The molecule has 1 N–H and O–H groups in total. The minimum atomic E-state index is -0.967. The van der Waals surface area contributed by atoms with Gasteiger partial charge in [-0.25, -0.2) is 0 Å². The fourth-order valence-corrected chi connectivity index (χ4v) is 10.4. The molecular weight excluding hydrogens is 1100 g/mol.